The van der Waals surface area contributed by atoms with Crippen molar-refractivity contribution in [2.45, 2.75) is 84.6 Å². The zero-order chi connectivity index (χ0) is 26.2. The molecule has 37 heavy (non-hydrogen) atoms. The first-order chi connectivity index (χ1) is 17.8. The van der Waals surface area contributed by atoms with Crippen LogP contribution in [0.25, 0.3) is 33.1 Å². The fourth-order valence-corrected chi connectivity index (χ4v) is 7.72. The molecule has 2 aromatic carbocycles. The summed E-state index contributed by atoms with van der Waals surface area (Å²) in [6.45, 7) is 18.6. The second-order valence-electron chi connectivity index (χ2n) is 11.9. The van der Waals surface area contributed by atoms with Crippen molar-refractivity contribution in [3.8, 4) is 0 Å². The molecule has 0 amide bonds. The number of furan rings is 1. The van der Waals surface area contributed by atoms with Crippen LogP contribution < -0.4 is 4.57 Å². The SMILES string of the molecule is C=CC1(CC)[n+]2ccccc2C2=C(c3cc4oc5ccc(CCCC)cc5c4cc3C2(C)C)C1(C)CC. The van der Waals surface area contributed by atoms with Crippen LogP contribution in [0.1, 0.15) is 89.6 Å². The molecule has 2 unspecified atom stereocenters. The van der Waals surface area contributed by atoms with Crippen molar-refractivity contribution in [1.29, 1.82) is 0 Å². The van der Waals surface area contributed by atoms with Crippen molar-refractivity contribution in [2.75, 3.05) is 0 Å². The number of hydrogen-bond donors (Lipinski definition) is 0. The molecule has 190 valence electrons. The topological polar surface area (TPSA) is 17.0 Å². The highest BCUT2D eigenvalue weighted by atomic mass is 16.3. The minimum absolute atomic E-state index is 0.104. The summed E-state index contributed by atoms with van der Waals surface area (Å²) in [4.78, 5) is 0. The predicted octanol–water partition coefficient (Wildman–Crippen LogP) is 9.14. The maximum absolute atomic E-state index is 6.51. The van der Waals surface area contributed by atoms with Crippen molar-refractivity contribution in [3.63, 3.8) is 0 Å². The summed E-state index contributed by atoms with van der Waals surface area (Å²) < 4.78 is 9.04. The van der Waals surface area contributed by atoms with E-state index in [0.717, 1.165) is 30.4 Å². The maximum atomic E-state index is 6.51. The molecule has 1 aliphatic heterocycles. The van der Waals surface area contributed by atoms with Crippen LogP contribution in [0.4, 0.5) is 0 Å². The van der Waals surface area contributed by atoms with Crippen LogP contribution in [-0.4, -0.2) is 0 Å². The van der Waals surface area contributed by atoms with Crippen molar-refractivity contribution in [2.24, 2.45) is 5.41 Å². The Morgan fingerprint density at radius 1 is 0.892 bits per heavy atom. The van der Waals surface area contributed by atoms with Crippen molar-refractivity contribution < 1.29 is 8.98 Å². The molecule has 6 rings (SSSR count). The number of pyridine rings is 1. The summed E-state index contributed by atoms with van der Waals surface area (Å²) >= 11 is 0. The number of allylic oxidation sites excluding steroid dienone is 3. The molecule has 0 N–H and O–H groups in total. The van der Waals surface area contributed by atoms with Gasteiger partial charge in [0.25, 0.3) is 0 Å². The monoisotopic (exact) mass is 490 g/mol. The van der Waals surface area contributed by atoms with Crippen LogP contribution >= 0.6 is 0 Å². The highest BCUT2D eigenvalue weighted by molar-refractivity contribution is 6.10. The van der Waals surface area contributed by atoms with Gasteiger partial charge in [-0.2, -0.15) is 4.57 Å². The van der Waals surface area contributed by atoms with E-state index in [0.29, 0.717) is 0 Å². The molecule has 2 aliphatic rings. The number of benzene rings is 2. The maximum Gasteiger partial charge on any atom is 0.210 e. The highest BCUT2D eigenvalue weighted by Crippen LogP contribution is 2.64. The molecule has 0 bridgehead atoms. The second kappa shape index (κ2) is 8.18. The van der Waals surface area contributed by atoms with Gasteiger partial charge in [-0.1, -0.05) is 53.7 Å². The number of unbranched alkanes of at least 4 members (excludes halogenated alkanes) is 1. The predicted molar refractivity (Wildman–Crippen MR) is 156 cm³/mol. The Hall–Kier alpha value is -3.13. The molecule has 4 aromatic rings. The zero-order valence-electron chi connectivity index (χ0n) is 23.4. The van der Waals surface area contributed by atoms with Crippen molar-refractivity contribution in [3.05, 3.63) is 89.8 Å². The standard InChI is InChI=1S/C35H40NO/c1-8-12-15-23-17-18-29-24(20-23)25-21-27-26(22-30(25)37-29)31-32(33(27,5)6)28-16-13-14-19-36(28)35(10-3,11-4)34(31,7)9-2/h10,13-14,16-22H,3,8-9,11-12,15H2,1-2,4-7H3/q+1. The molecule has 0 saturated carbocycles. The van der Waals surface area contributed by atoms with E-state index < -0.39 is 0 Å². The van der Waals surface area contributed by atoms with Crippen molar-refractivity contribution in [1.82, 2.24) is 0 Å². The first-order valence-electron chi connectivity index (χ1n) is 14.2. The fraction of sp³-hybridized carbons (Fsp3) is 0.400. The average molecular weight is 491 g/mol. The Bertz CT molecular complexity index is 1600. The van der Waals surface area contributed by atoms with Gasteiger partial charge < -0.3 is 4.42 Å². The summed E-state index contributed by atoms with van der Waals surface area (Å²) in [6, 6.07) is 18.2. The summed E-state index contributed by atoms with van der Waals surface area (Å²) in [5.41, 5.74) is 9.98. The number of fused-ring (bicyclic) bond motifs is 7. The Kier molecular flexibility index (Phi) is 5.36. The first kappa shape index (κ1) is 24.2. The van der Waals surface area contributed by atoms with E-state index in [1.165, 1.54) is 57.1 Å². The van der Waals surface area contributed by atoms with Crippen molar-refractivity contribution >= 4 is 33.1 Å². The summed E-state index contributed by atoms with van der Waals surface area (Å²) in [5, 5.41) is 2.48. The van der Waals surface area contributed by atoms with Crippen LogP contribution in [0.5, 0.6) is 0 Å². The second-order valence-corrected chi connectivity index (χ2v) is 11.9. The molecular weight excluding hydrogens is 450 g/mol. The van der Waals surface area contributed by atoms with E-state index in [9.17, 15) is 0 Å². The smallest absolute Gasteiger partial charge is 0.210 e. The van der Waals surface area contributed by atoms with Gasteiger partial charge in [0.05, 0.1) is 5.41 Å². The Balaban J connectivity index is 1.67. The number of nitrogens with zero attached hydrogens (tertiary/aromatic N) is 1. The molecule has 0 saturated heterocycles. The molecule has 2 atom stereocenters. The van der Waals surface area contributed by atoms with Crippen LogP contribution in [0.3, 0.4) is 0 Å². The van der Waals surface area contributed by atoms with Crippen LogP contribution in [0, 0.1) is 5.41 Å². The summed E-state index contributed by atoms with van der Waals surface area (Å²) in [7, 11) is 0. The van der Waals surface area contributed by atoms with Gasteiger partial charge in [0.1, 0.15) is 11.2 Å². The van der Waals surface area contributed by atoms with Gasteiger partial charge in [-0.05, 0) is 84.9 Å². The molecule has 0 radical (unpaired) electrons. The minimum Gasteiger partial charge on any atom is -0.456 e. The Labute approximate surface area is 221 Å². The third-order valence-corrected chi connectivity index (χ3v) is 9.95. The lowest BCUT2D eigenvalue weighted by molar-refractivity contribution is -0.769. The van der Waals surface area contributed by atoms with Crippen LogP contribution in [-0.2, 0) is 17.4 Å². The zero-order valence-corrected chi connectivity index (χ0v) is 23.4. The lowest BCUT2D eigenvalue weighted by Gasteiger charge is -2.47. The molecule has 0 spiro atoms. The normalized spacial score (nSPS) is 23.8. The largest absolute Gasteiger partial charge is 0.456 e. The van der Waals surface area contributed by atoms with E-state index in [1.54, 1.807) is 0 Å². The summed E-state index contributed by atoms with van der Waals surface area (Å²) in [5.74, 6) is 0. The number of aromatic nitrogens is 1. The molecule has 0 fully saturated rings. The molecule has 1 aliphatic carbocycles. The highest BCUT2D eigenvalue weighted by Gasteiger charge is 2.62. The number of rotatable bonds is 6. The quantitative estimate of drug-likeness (QED) is 0.194. The summed E-state index contributed by atoms with van der Waals surface area (Å²) in [6.07, 6.45) is 10.1. The van der Waals surface area contributed by atoms with Gasteiger partial charge in [0.15, 0.2) is 11.7 Å². The number of aryl methyl sites for hydroxylation is 1. The van der Waals surface area contributed by atoms with Gasteiger partial charge >= 0.3 is 0 Å². The van der Waals surface area contributed by atoms with E-state index in [1.807, 2.05) is 0 Å². The van der Waals surface area contributed by atoms with Gasteiger partial charge in [-0.25, -0.2) is 0 Å². The Morgan fingerprint density at radius 2 is 1.68 bits per heavy atom. The van der Waals surface area contributed by atoms with Gasteiger partial charge in [0.2, 0.25) is 5.69 Å². The lowest BCUT2D eigenvalue weighted by Crippen LogP contribution is -2.67. The van der Waals surface area contributed by atoms with E-state index >= 15 is 0 Å². The molecule has 2 heteroatoms. The van der Waals surface area contributed by atoms with E-state index in [2.05, 4.69) is 113 Å². The Morgan fingerprint density at radius 3 is 2.38 bits per heavy atom. The number of hydrogen-bond acceptors (Lipinski definition) is 1. The van der Waals surface area contributed by atoms with Crippen LogP contribution in [0.2, 0.25) is 0 Å². The molecule has 3 heterocycles. The van der Waals surface area contributed by atoms with Gasteiger partial charge in [-0.3, -0.25) is 0 Å². The minimum atomic E-state index is -0.202. The van der Waals surface area contributed by atoms with Crippen LogP contribution in [0.15, 0.2) is 71.8 Å². The molecular formula is C35H40NO+. The average Bonchev–Trinajstić information content (AvgIpc) is 3.38. The fourth-order valence-electron chi connectivity index (χ4n) is 7.72. The van der Waals surface area contributed by atoms with Gasteiger partial charge in [-0.15, -0.1) is 0 Å². The van der Waals surface area contributed by atoms with Gasteiger partial charge in [0, 0.05) is 40.3 Å². The lowest BCUT2D eigenvalue weighted by atomic mass is 9.58. The first-order valence-corrected chi connectivity index (χ1v) is 14.2. The van der Waals surface area contributed by atoms with E-state index in [4.69, 9.17) is 4.42 Å². The van der Waals surface area contributed by atoms with E-state index in [-0.39, 0.29) is 16.4 Å². The molecule has 2 nitrogen and oxygen atoms in total. The third kappa shape index (κ3) is 2.96. The third-order valence-electron chi connectivity index (χ3n) is 9.95. The molecule has 2 aromatic heterocycles.